The van der Waals surface area contributed by atoms with Gasteiger partial charge in [0.15, 0.2) is 0 Å². The SMILES string of the molecule is CCOC(=O)c1ccc(N(c2cc(F)c(Cl)cc2OC)S(=O)(=O)O)c(F)c1. The van der Waals surface area contributed by atoms with Gasteiger partial charge in [0, 0.05) is 12.1 Å². The lowest BCUT2D eigenvalue weighted by atomic mass is 10.2. The topological polar surface area (TPSA) is 93.1 Å². The minimum Gasteiger partial charge on any atom is -0.494 e. The summed E-state index contributed by atoms with van der Waals surface area (Å²) in [5.74, 6) is -3.27. The molecule has 0 unspecified atom stereocenters. The molecule has 0 aromatic heterocycles. The zero-order valence-electron chi connectivity index (χ0n) is 14.1. The Bertz CT molecular complexity index is 983. The minimum absolute atomic E-state index is 0.0561. The van der Waals surface area contributed by atoms with Gasteiger partial charge in [0.2, 0.25) is 0 Å². The molecule has 2 aromatic carbocycles. The first-order valence-electron chi connectivity index (χ1n) is 7.37. The smallest absolute Gasteiger partial charge is 0.364 e. The first-order valence-corrected chi connectivity index (χ1v) is 9.15. The Kier molecular flexibility index (Phi) is 6.24. The largest absolute Gasteiger partial charge is 0.494 e. The van der Waals surface area contributed by atoms with E-state index < -0.39 is 39.3 Å². The van der Waals surface area contributed by atoms with Gasteiger partial charge in [0.25, 0.3) is 0 Å². The zero-order valence-corrected chi connectivity index (χ0v) is 15.6. The van der Waals surface area contributed by atoms with Crippen LogP contribution in [0.15, 0.2) is 30.3 Å². The van der Waals surface area contributed by atoms with Crippen LogP contribution in [0, 0.1) is 11.6 Å². The Morgan fingerprint density at radius 2 is 1.85 bits per heavy atom. The van der Waals surface area contributed by atoms with E-state index in [1.807, 2.05) is 0 Å². The van der Waals surface area contributed by atoms with Gasteiger partial charge < -0.3 is 9.47 Å². The monoisotopic (exact) mass is 421 g/mol. The lowest BCUT2D eigenvalue weighted by molar-refractivity contribution is 0.0526. The van der Waals surface area contributed by atoms with Crippen LogP contribution in [0.25, 0.3) is 0 Å². The van der Waals surface area contributed by atoms with Gasteiger partial charge in [-0.1, -0.05) is 11.6 Å². The van der Waals surface area contributed by atoms with E-state index in [1.165, 1.54) is 0 Å². The van der Waals surface area contributed by atoms with Crippen LogP contribution in [0.3, 0.4) is 0 Å². The highest BCUT2D eigenvalue weighted by Gasteiger charge is 2.29. The molecule has 2 rings (SSSR count). The molecular formula is C16H14ClF2NO6S. The van der Waals surface area contributed by atoms with Crippen molar-refractivity contribution in [3.8, 4) is 5.75 Å². The van der Waals surface area contributed by atoms with E-state index in [9.17, 15) is 26.5 Å². The molecule has 0 radical (unpaired) electrons. The lowest BCUT2D eigenvalue weighted by Gasteiger charge is -2.23. The van der Waals surface area contributed by atoms with Crippen molar-refractivity contribution in [2.75, 3.05) is 18.0 Å². The van der Waals surface area contributed by atoms with Gasteiger partial charge in [0.1, 0.15) is 23.1 Å². The van der Waals surface area contributed by atoms with E-state index in [0.29, 0.717) is 6.07 Å². The van der Waals surface area contributed by atoms with Crippen molar-refractivity contribution >= 4 is 39.2 Å². The number of hydrogen-bond acceptors (Lipinski definition) is 5. The molecule has 0 fully saturated rings. The summed E-state index contributed by atoms with van der Waals surface area (Å²) in [6, 6.07) is 4.36. The van der Waals surface area contributed by atoms with Crippen LogP contribution in [-0.2, 0) is 15.0 Å². The van der Waals surface area contributed by atoms with Gasteiger partial charge in [-0.2, -0.15) is 8.42 Å². The highest BCUT2D eigenvalue weighted by molar-refractivity contribution is 7.87. The molecule has 11 heteroatoms. The maximum atomic E-state index is 14.5. The molecule has 0 bridgehead atoms. The zero-order chi connectivity index (χ0) is 20.4. The van der Waals surface area contributed by atoms with E-state index in [1.54, 1.807) is 6.92 Å². The molecule has 0 aliphatic carbocycles. The normalized spacial score (nSPS) is 11.2. The summed E-state index contributed by atoms with van der Waals surface area (Å²) in [6.07, 6.45) is 0. The molecule has 0 saturated heterocycles. The standard InChI is InChI=1S/C16H14ClF2NO6S/c1-3-26-16(21)9-4-5-13(12(19)6-9)20(27(22,23)24)14-8-11(18)10(17)7-15(14)25-2/h4-8H,3H2,1-2H3,(H,22,23,24). The predicted molar refractivity (Wildman–Crippen MR) is 94.0 cm³/mol. The summed E-state index contributed by atoms with van der Waals surface area (Å²) in [5, 5.41) is -0.371. The van der Waals surface area contributed by atoms with Crippen molar-refractivity contribution in [1.29, 1.82) is 0 Å². The fourth-order valence-corrected chi connectivity index (χ4v) is 3.17. The molecule has 0 saturated carbocycles. The summed E-state index contributed by atoms with van der Waals surface area (Å²) in [4.78, 5) is 11.7. The van der Waals surface area contributed by atoms with E-state index in [4.69, 9.17) is 21.1 Å². The maximum absolute atomic E-state index is 14.5. The molecule has 0 aliphatic heterocycles. The second-order valence-electron chi connectivity index (χ2n) is 5.07. The fourth-order valence-electron chi connectivity index (χ4n) is 2.23. The third-order valence-corrected chi connectivity index (χ3v) is 4.49. The van der Waals surface area contributed by atoms with Crippen LogP contribution in [0.2, 0.25) is 5.02 Å². The van der Waals surface area contributed by atoms with Crippen LogP contribution >= 0.6 is 11.6 Å². The summed E-state index contributed by atoms with van der Waals surface area (Å²) in [7, 11) is -3.96. The average molecular weight is 422 g/mol. The molecule has 0 aliphatic rings. The van der Waals surface area contributed by atoms with Gasteiger partial charge in [0.05, 0.1) is 30.0 Å². The highest BCUT2D eigenvalue weighted by atomic mass is 35.5. The number of anilines is 2. The Morgan fingerprint density at radius 1 is 1.19 bits per heavy atom. The van der Waals surface area contributed by atoms with Crippen molar-refractivity contribution in [2.24, 2.45) is 0 Å². The number of halogens is 3. The maximum Gasteiger partial charge on any atom is 0.364 e. The van der Waals surface area contributed by atoms with Crippen molar-refractivity contribution < 1.29 is 36.0 Å². The third kappa shape index (κ3) is 4.46. The van der Waals surface area contributed by atoms with Gasteiger partial charge in [-0.25, -0.2) is 17.9 Å². The van der Waals surface area contributed by atoms with E-state index in [-0.39, 0.29) is 27.2 Å². The predicted octanol–water partition coefficient (Wildman–Crippen LogP) is 3.74. The molecule has 27 heavy (non-hydrogen) atoms. The number of rotatable bonds is 6. The van der Waals surface area contributed by atoms with Crippen LogP contribution in [-0.4, -0.2) is 32.7 Å². The number of carbonyl (C=O) groups excluding carboxylic acids is 1. The molecule has 146 valence electrons. The summed E-state index contributed by atoms with van der Waals surface area (Å²) in [6.45, 7) is 1.62. The van der Waals surface area contributed by atoms with E-state index >= 15 is 0 Å². The molecule has 0 heterocycles. The second-order valence-corrected chi connectivity index (χ2v) is 6.74. The summed E-state index contributed by atoms with van der Waals surface area (Å²) in [5.41, 5.74) is -1.38. The molecule has 2 aromatic rings. The van der Waals surface area contributed by atoms with Crippen molar-refractivity contribution in [3.05, 3.63) is 52.6 Å². The summed E-state index contributed by atoms with van der Waals surface area (Å²) < 4.78 is 71.6. The molecule has 0 spiro atoms. The number of hydrogen-bond donors (Lipinski definition) is 1. The fraction of sp³-hybridized carbons (Fsp3) is 0.188. The van der Waals surface area contributed by atoms with Crippen molar-refractivity contribution in [1.82, 2.24) is 0 Å². The Balaban J connectivity index is 2.67. The van der Waals surface area contributed by atoms with Gasteiger partial charge >= 0.3 is 16.3 Å². The van der Waals surface area contributed by atoms with Gasteiger partial charge in [-0.05, 0) is 25.1 Å². The number of carbonyl (C=O) groups is 1. The first kappa shape index (κ1) is 20.9. The van der Waals surface area contributed by atoms with Crippen molar-refractivity contribution in [3.63, 3.8) is 0 Å². The van der Waals surface area contributed by atoms with E-state index in [0.717, 1.165) is 31.4 Å². The van der Waals surface area contributed by atoms with Crippen LogP contribution in [0.1, 0.15) is 17.3 Å². The van der Waals surface area contributed by atoms with E-state index in [2.05, 4.69) is 0 Å². The molecule has 1 N–H and O–H groups in total. The van der Waals surface area contributed by atoms with Gasteiger partial charge in [-0.3, -0.25) is 4.55 Å². The quantitative estimate of drug-likeness (QED) is 0.564. The third-order valence-electron chi connectivity index (χ3n) is 3.35. The molecule has 7 nitrogen and oxygen atoms in total. The molecule has 0 amide bonds. The van der Waals surface area contributed by atoms with Crippen LogP contribution in [0.4, 0.5) is 20.2 Å². The first-order chi connectivity index (χ1) is 12.6. The van der Waals surface area contributed by atoms with Crippen molar-refractivity contribution in [2.45, 2.75) is 6.92 Å². The Morgan fingerprint density at radius 3 is 2.37 bits per heavy atom. The van der Waals surface area contributed by atoms with Crippen LogP contribution in [0.5, 0.6) is 5.75 Å². The second kappa shape index (κ2) is 8.07. The van der Waals surface area contributed by atoms with Gasteiger partial charge in [-0.15, -0.1) is 0 Å². The molecular weight excluding hydrogens is 408 g/mol. The summed E-state index contributed by atoms with van der Waals surface area (Å²) >= 11 is 5.64. The van der Waals surface area contributed by atoms with Crippen LogP contribution < -0.4 is 9.04 Å². The average Bonchev–Trinajstić information content (AvgIpc) is 2.58. The Labute approximate surface area is 158 Å². The highest BCUT2D eigenvalue weighted by Crippen LogP contribution is 2.39. The number of methoxy groups -OCH3 is 1. The minimum atomic E-state index is -5.11. The number of esters is 1. The number of nitrogens with zero attached hydrogens (tertiary/aromatic N) is 1. The number of benzene rings is 2. The lowest BCUT2D eigenvalue weighted by Crippen LogP contribution is -2.27. The Hall–Kier alpha value is -2.43. The molecule has 0 atom stereocenters. The number of ether oxygens (including phenoxy) is 2.